The number of carbonyl (C=O) groups excluding carboxylic acids is 2. The van der Waals surface area contributed by atoms with Crippen LogP contribution in [0, 0.1) is 0 Å². The summed E-state index contributed by atoms with van der Waals surface area (Å²) in [6.45, 7) is 0. The number of sulfonamides is 1. The molecule has 0 aromatic heterocycles. The van der Waals surface area contributed by atoms with Gasteiger partial charge in [-0.15, -0.1) is 0 Å². The van der Waals surface area contributed by atoms with Crippen LogP contribution in [0.2, 0.25) is 0 Å². The Morgan fingerprint density at radius 3 is 1.96 bits per heavy atom. The molecule has 1 aliphatic rings. The van der Waals surface area contributed by atoms with Crippen LogP contribution in [0.5, 0.6) is 0 Å². The average molecular weight is 344 g/mol. The van der Waals surface area contributed by atoms with E-state index in [4.69, 9.17) is 0 Å². The lowest BCUT2D eigenvalue weighted by Gasteiger charge is -2.20. The fraction of sp³-hybridized carbons (Fsp3) is 0.176. The highest BCUT2D eigenvalue weighted by molar-refractivity contribution is 7.92. The number of hydrogen-bond acceptors (Lipinski definition) is 4. The molecule has 1 fully saturated rings. The van der Waals surface area contributed by atoms with Gasteiger partial charge in [0.15, 0.2) is 0 Å². The summed E-state index contributed by atoms with van der Waals surface area (Å²) in [5.74, 6) is -0.533. The fourth-order valence-corrected chi connectivity index (χ4v) is 3.76. The quantitative estimate of drug-likeness (QED) is 0.797. The second-order valence-corrected chi connectivity index (χ2v) is 7.39. The van der Waals surface area contributed by atoms with E-state index in [2.05, 4.69) is 0 Å². The van der Waals surface area contributed by atoms with E-state index in [1.54, 1.807) is 24.3 Å². The first-order chi connectivity index (χ1) is 11.4. The molecule has 0 radical (unpaired) electrons. The maximum atomic E-state index is 12.7. The van der Waals surface area contributed by atoms with Crippen LogP contribution < -0.4 is 9.21 Å². The lowest BCUT2D eigenvalue weighted by Crippen LogP contribution is -2.29. The molecule has 0 saturated carbocycles. The Morgan fingerprint density at radius 2 is 1.42 bits per heavy atom. The van der Waals surface area contributed by atoms with Gasteiger partial charge in [-0.2, -0.15) is 0 Å². The summed E-state index contributed by atoms with van der Waals surface area (Å²) in [5.41, 5.74) is 0.940. The van der Waals surface area contributed by atoms with E-state index in [0.29, 0.717) is 11.4 Å². The predicted molar refractivity (Wildman–Crippen MR) is 90.2 cm³/mol. The molecule has 2 aromatic carbocycles. The summed E-state index contributed by atoms with van der Waals surface area (Å²) >= 11 is 0. The number of amides is 2. The van der Waals surface area contributed by atoms with E-state index in [0.717, 1.165) is 4.90 Å². The summed E-state index contributed by atoms with van der Waals surface area (Å²) in [5, 5.41) is 0. The molecule has 0 atom stereocenters. The fourth-order valence-electron chi connectivity index (χ4n) is 2.57. The lowest BCUT2D eigenvalue weighted by molar-refractivity contribution is -0.121. The van der Waals surface area contributed by atoms with Crippen molar-refractivity contribution in [2.75, 3.05) is 16.3 Å². The van der Waals surface area contributed by atoms with Crippen molar-refractivity contribution >= 4 is 33.2 Å². The highest BCUT2D eigenvalue weighted by Gasteiger charge is 2.30. The molecule has 24 heavy (non-hydrogen) atoms. The maximum absolute atomic E-state index is 12.7. The van der Waals surface area contributed by atoms with Crippen LogP contribution in [0.4, 0.5) is 11.4 Å². The number of anilines is 2. The minimum atomic E-state index is -3.71. The number of nitrogens with zero attached hydrogens (tertiary/aromatic N) is 2. The zero-order valence-electron chi connectivity index (χ0n) is 13.0. The summed E-state index contributed by atoms with van der Waals surface area (Å²) in [4.78, 5) is 24.7. The Morgan fingerprint density at radius 1 is 0.875 bits per heavy atom. The van der Waals surface area contributed by atoms with Crippen molar-refractivity contribution in [2.24, 2.45) is 0 Å². The smallest absolute Gasteiger partial charge is 0.264 e. The van der Waals surface area contributed by atoms with Crippen molar-refractivity contribution in [3.63, 3.8) is 0 Å². The van der Waals surface area contributed by atoms with E-state index in [-0.39, 0.29) is 29.6 Å². The van der Waals surface area contributed by atoms with Crippen LogP contribution in [-0.4, -0.2) is 27.3 Å². The van der Waals surface area contributed by atoms with Crippen molar-refractivity contribution < 1.29 is 18.0 Å². The molecule has 0 N–H and O–H groups in total. The zero-order valence-corrected chi connectivity index (χ0v) is 13.9. The maximum Gasteiger partial charge on any atom is 0.264 e. The standard InChI is InChI=1S/C17H16N2O4S/c1-18(13-5-3-2-4-6-13)24(22,23)15-9-7-14(8-10-15)19-16(20)11-12-17(19)21/h2-10H,11-12H2,1H3. The van der Waals surface area contributed by atoms with Gasteiger partial charge in [-0.25, -0.2) is 8.42 Å². The van der Waals surface area contributed by atoms with E-state index in [1.807, 2.05) is 6.07 Å². The zero-order chi connectivity index (χ0) is 17.3. The van der Waals surface area contributed by atoms with Crippen LogP contribution in [0.3, 0.4) is 0 Å². The molecule has 1 saturated heterocycles. The molecule has 2 amide bonds. The minimum Gasteiger partial charge on any atom is -0.274 e. The molecular weight excluding hydrogens is 328 g/mol. The Bertz CT molecular complexity index is 861. The first-order valence-corrected chi connectivity index (χ1v) is 8.85. The number of imide groups is 1. The number of benzene rings is 2. The van der Waals surface area contributed by atoms with Crippen LogP contribution in [-0.2, 0) is 19.6 Å². The van der Waals surface area contributed by atoms with Crippen LogP contribution in [0.15, 0.2) is 59.5 Å². The Balaban J connectivity index is 1.90. The molecule has 1 heterocycles. The Kier molecular flexibility index (Phi) is 4.11. The second kappa shape index (κ2) is 6.09. The highest BCUT2D eigenvalue weighted by atomic mass is 32.2. The van der Waals surface area contributed by atoms with E-state index >= 15 is 0 Å². The molecule has 124 valence electrons. The lowest BCUT2D eigenvalue weighted by atomic mass is 10.3. The SMILES string of the molecule is CN(c1ccccc1)S(=O)(=O)c1ccc(N2C(=O)CCC2=O)cc1. The summed E-state index contributed by atoms with van der Waals surface area (Å²) in [7, 11) is -2.24. The average Bonchev–Trinajstić information content (AvgIpc) is 2.93. The molecule has 0 aliphatic carbocycles. The number of rotatable bonds is 4. The number of carbonyl (C=O) groups is 2. The van der Waals surface area contributed by atoms with Gasteiger partial charge >= 0.3 is 0 Å². The van der Waals surface area contributed by atoms with E-state index < -0.39 is 10.0 Å². The van der Waals surface area contributed by atoms with Crippen molar-refractivity contribution in [1.29, 1.82) is 0 Å². The molecule has 0 bridgehead atoms. The third-order valence-electron chi connectivity index (χ3n) is 3.92. The van der Waals surface area contributed by atoms with Gasteiger partial charge in [-0.1, -0.05) is 18.2 Å². The number of para-hydroxylation sites is 1. The van der Waals surface area contributed by atoms with Gasteiger partial charge in [0.1, 0.15) is 0 Å². The van der Waals surface area contributed by atoms with Gasteiger partial charge in [-0.05, 0) is 36.4 Å². The third kappa shape index (κ3) is 2.78. The van der Waals surface area contributed by atoms with Gasteiger partial charge in [0.2, 0.25) is 11.8 Å². The molecule has 0 unspecified atom stereocenters. The third-order valence-corrected chi connectivity index (χ3v) is 5.72. The van der Waals surface area contributed by atoms with Gasteiger partial charge in [0, 0.05) is 19.9 Å². The molecule has 3 rings (SSSR count). The van der Waals surface area contributed by atoms with Crippen LogP contribution in [0.1, 0.15) is 12.8 Å². The summed E-state index contributed by atoms with van der Waals surface area (Å²) < 4.78 is 26.5. The van der Waals surface area contributed by atoms with Crippen LogP contribution in [0.25, 0.3) is 0 Å². The highest BCUT2D eigenvalue weighted by Crippen LogP contribution is 2.26. The van der Waals surface area contributed by atoms with Crippen LogP contribution >= 0.6 is 0 Å². The molecule has 7 heteroatoms. The molecular formula is C17H16N2O4S. The predicted octanol–water partition coefficient (Wildman–Crippen LogP) is 2.17. The minimum absolute atomic E-state index is 0.0942. The topological polar surface area (TPSA) is 74.8 Å². The van der Waals surface area contributed by atoms with E-state index in [1.165, 1.54) is 35.6 Å². The largest absolute Gasteiger partial charge is 0.274 e. The Hall–Kier alpha value is -2.67. The van der Waals surface area contributed by atoms with Crippen molar-refractivity contribution in [3.8, 4) is 0 Å². The molecule has 2 aromatic rings. The molecule has 0 spiro atoms. The van der Waals surface area contributed by atoms with Gasteiger partial charge < -0.3 is 0 Å². The van der Waals surface area contributed by atoms with E-state index in [9.17, 15) is 18.0 Å². The molecule has 6 nitrogen and oxygen atoms in total. The molecule has 1 aliphatic heterocycles. The first kappa shape index (κ1) is 16.2. The van der Waals surface area contributed by atoms with Gasteiger partial charge in [0.25, 0.3) is 10.0 Å². The summed E-state index contributed by atoms with van der Waals surface area (Å²) in [6.07, 6.45) is 0.380. The van der Waals surface area contributed by atoms with Crippen molar-refractivity contribution in [3.05, 3.63) is 54.6 Å². The van der Waals surface area contributed by atoms with Crippen molar-refractivity contribution in [2.45, 2.75) is 17.7 Å². The number of hydrogen-bond donors (Lipinski definition) is 0. The first-order valence-electron chi connectivity index (χ1n) is 7.41. The van der Waals surface area contributed by atoms with Crippen molar-refractivity contribution in [1.82, 2.24) is 0 Å². The summed E-state index contributed by atoms with van der Waals surface area (Å²) in [6, 6.07) is 14.5. The second-order valence-electron chi connectivity index (χ2n) is 5.42. The monoisotopic (exact) mass is 344 g/mol. The van der Waals surface area contributed by atoms with Gasteiger partial charge in [-0.3, -0.25) is 18.8 Å². The normalized spacial score (nSPS) is 15.0. The van der Waals surface area contributed by atoms with Gasteiger partial charge in [0.05, 0.1) is 16.3 Å². The Labute approximate surface area is 140 Å².